The number of carboxylic acid groups (broad SMARTS) is 1. The van der Waals surface area contributed by atoms with Gasteiger partial charge in [0.2, 0.25) is 0 Å². The Labute approximate surface area is 114 Å². The molecule has 0 radical (unpaired) electrons. The lowest BCUT2D eigenvalue weighted by molar-refractivity contribution is 0.0701. The molecule has 3 rings (SSSR count). The monoisotopic (exact) mass is 277 g/mol. The molecular weight excluding hydrogens is 262 g/mol. The molecule has 2 aromatic rings. The number of benzene rings is 1. The topological polar surface area (TPSA) is 69.6 Å². The number of aliphatic hydroxyl groups excluding tert-OH is 1. The third-order valence-electron chi connectivity index (χ3n) is 3.69. The van der Waals surface area contributed by atoms with Gasteiger partial charge in [-0.1, -0.05) is 18.2 Å². The van der Waals surface area contributed by atoms with E-state index in [9.17, 15) is 15.0 Å². The van der Waals surface area contributed by atoms with Crippen molar-refractivity contribution in [3.8, 4) is 0 Å². The van der Waals surface area contributed by atoms with Gasteiger partial charge in [0.15, 0.2) is 0 Å². The van der Waals surface area contributed by atoms with Crippen LogP contribution in [0.15, 0.2) is 24.3 Å². The lowest BCUT2D eigenvalue weighted by atomic mass is 10.1. The summed E-state index contributed by atoms with van der Waals surface area (Å²) in [5, 5.41) is 22.9. The van der Waals surface area contributed by atoms with Crippen LogP contribution in [-0.4, -0.2) is 28.3 Å². The second-order valence-corrected chi connectivity index (χ2v) is 6.06. The van der Waals surface area contributed by atoms with Crippen molar-refractivity contribution in [3.63, 3.8) is 0 Å². The zero-order chi connectivity index (χ0) is 13.5. The van der Waals surface area contributed by atoms with Crippen LogP contribution in [0.25, 0.3) is 10.1 Å². The van der Waals surface area contributed by atoms with Gasteiger partial charge < -0.3 is 15.5 Å². The first-order valence-electron chi connectivity index (χ1n) is 6.25. The van der Waals surface area contributed by atoms with Gasteiger partial charge in [-0.3, -0.25) is 0 Å². The van der Waals surface area contributed by atoms with E-state index >= 15 is 0 Å². The van der Waals surface area contributed by atoms with Crippen LogP contribution in [0.4, 0.5) is 0 Å². The first-order valence-corrected chi connectivity index (χ1v) is 7.06. The lowest BCUT2D eigenvalue weighted by Gasteiger charge is -2.14. The third-order valence-corrected chi connectivity index (χ3v) is 4.89. The van der Waals surface area contributed by atoms with Crippen LogP contribution in [0.1, 0.15) is 28.1 Å². The first kappa shape index (κ1) is 12.6. The highest BCUT2D eigenvalue weighted by molar-refractivity contribution is 7.21. The van der Waals surface area contributed by atoms with Gasteiger partial charge in [-0.05, 0) is 29.9 Å². The van der Waals surface area contributed by atoms with E-state index in [-0.39, 0.29) is 12.1 Å². The van der Waals surface area contributed by atoms with Crippen molar-refractivity contribution in [2.45, 2.75) is 24.9 Å². The molecule has 0 aliphatic heterocycles. The summed E-state index contributed by atoms with van der Waals surface area (Å²) in [6, 6.07) is 7.73. The summed E-state index contributed by atoms with van der Waals surface area (Å²) in [6.07, 6.45) is 1.90. The van der Waals surface area contributed by atoms with Crippen LogP contribution in [0.5, 0.6) is 0 Å². The summed E-state index contributed by atoms with van der Waals surface area (Å²) in [6.45, 7) is 0.601. The smallest absolute Gasteiger partial charge is 0.346 e. The van der Waals surface area contributed by atoms with Crippen molar-refractivity contribution in [1.29, 1.82) is 0 Å². The van der Waals surface area contributed by atoms with E-state index in [4.69, 9.17) is 0 Å². The number of carboxylic acids is 1. The predicted molar refractivity (Wildman–Crippen MR) is 74.7 cm³/mol. The van der Waals surface area contributed by atoms with E-state index in [2.05, 4.69) is 5.32 Å². The highest BCUT2D eigenvalue weighted by Crippen LogP contribution is 2.37. The summed E-state index contributed by atoms with van der Waals surface area (Å²) in [7, 11) is 0. The van der Waals surface area contributed by atoms with Crippen molar-refractivity contribution < 1.29 is 15.0 Å². The fourth-order valence-corrected chi connectivity index (χ4v) is 3.32. The average molecular weight is 277 g/mol. The van der Waals surface area contributed by atoms with Gasteiger partial charge in [0, 0.05) is 16.8 Å². The molecule has 4 nitrogen and oxygen atoms in total. The maximum atomic E-state index is 11.3. The van der Waals surface area contributed by atoms with Crippen LogP contribution in [0.3, 0.4) is 0 Å². The molecule has 0 unspecified atom stereocenters. The van der Waals surface area contributed by atoms with Crippen molar-refractivity contribution in [3.05, 3.63) is 34.7 Å². The summed E-state index contributed by atoms with van der Waals surface area (Å²) < 4.78 is 0.991. The second-order valence-electron chi connectivity index (χ2n) is 5.00. The number of aromatic carboxylic acids is 1. The maximum Gasteiger partial charge on any atom is 0.346 e. The van der Waals surface area contributed by atoms with E-state index in [1.54, 1.807) is 0 Å². The minimum Gasteiger partial charge on any atom is -0.477 e. The average Bonchev–Trinajstić information content (AvgIpc) is 3.10. The van der Waals surface area contributed by atoms with Crippen LogP contribution in [0.2, 0.25) is 0 Å². The van der Waals surface area contributed by atoms with Gasteiger partial charge in [-0.25, -0.2) is 4.79 Å². The van der Waals surface area contributed by atoms with Crippen LogP contribution in [0, 0.1) is 0 Å². The van der Waals surface area contributed by atoms with Crippen LogP contribution >= 0.6 is 11.3 Å². The Bertz CT molecular complexity index is 631. The normalized spacial score (nSPS) is 16.7. The fraction of sp³-hybridized carbons (Fsp3) is 0.357. The highest BCUT2D eigenvalue weighted by atomic mass is 32.1. The van der Waals surface area contributed by atoms with Gasteiger partial charge in [0.1, 0.15) is 4.88 Å². The van der Waals surface area contributed by atoms with Crippen molar-refractivity contribution >= 4 is 27.4 Å². The van der Waals surface area contributed by atoms with Crippen molar-refractivity contribution in [1.82, 2.24) is 5.32 Å². The Morgan fingerprint density at radius 2 is 2.11 bits per heavy atom. The molecule has 1 fully saturated rings. The lowest BCUT2D eigenvalue weighted by Crippen LogP contribution is -2.34. The summed E-state index contributed by atoms with van der Waals surface area (Å²) in [5.41, 5.74) is 0.645. The molecule has 1 aliphatic carbocycles. The maximum absolute atomic E-state index is 11.3. The molecule has 0 bridgehead atoms. The van der Waals surface area contributed by atoms with Gasteiger partial charge in [0.05, 0.1) is 6.61 Å². The molecule has 1 saturated carbocycles. The summed E-state index contributed by atoms with van der Waals surface area (Å²) in [5.74, 6) is -0.883. The molecule has 0 amide bonds. The minimum atomic E-state index is -0.883. The number of fused-ring (bicyclic) bond motifs is 1. The molecule has 5 heteroatoms. The molecule has 19 heavy (non-hydrogen) atoms. The van der Waals surface area contributed by atoms with Crippen molar-refractivity contribution in [2.75, 3.05) is 6.61 Å². The molecule has 0 saturated heterocycles. The molecule has 1 heterocycles. The van der Waals surface area contributed by atoms with E-state index in [1.165, 1.54) is 11.3 Å². The zero-order valence-corrected chi connectivity index (χ0v) is 11.2. The Balaban J connectivity index is 1.95. The minimum absolute atomic E-state index is 0.109. The van der Waals surface area contributed by atoms with Gasteiger partial charge >= 0.3 is 5.97 Å². The SMILES string of the molecule is O=C(O)c1sc2ccccc2c1CNC1(CO)CC1. The van der Waals surface area contributed by atoms with E-state index in [0.717, 1.165) is 28.5 Å². The molecular formula is C14H15NO3S. The van der Waals surface area contributed by atoms with Gasteiger partial charge in [-0.2, -0.15) is 0 Å². The van der Waals surface area contributed by atoms with E-state index < -0.39 is 5.97 Å². The standard InChI is InChI=1S/C14H15NO3S/c16-8-14(5-6-14)15-7-10-9-3-1-2-4-11(9)19-12(10)13(17)18/h1-4,15-16H,5-8H2,(H,17,18). The van der Waals surface area contributed by atoms with E-state index in [0.29, 0.717) is 11.4 Å². The largest absolute Gasteiger partial charge is 0.477 e. The number of carbonyl (C=O) groups is 1. The van der Waals surface area contributed by atoms with Gasteiger partial charge in [-0.15, -0.1) is 11.3 Å². The second kappa shape index (κ2) is 4.59. The van der Waals surface area contributed by atoms with E-state index in [1.807, 2.05) is 24.3 Å². The zero-order valence-electron chi connectivity index (χ0n) is 10.3. The fourth-order valence-electron chi connectivity index (χ4n) is 2.26. The third kappa shape index (κ3) is 2.25. The van der Waals surface area contributed by atoms with Gasteiger partial charge in [0.25, 0.3) is 0 Å². The Morgan fingerprint density at radius 3 is 2.74 bits per heavy atom. The predicted octanol–water partition coefficient (Wildman–Crippen LogP) is 2.21. The number of hydrogen-bond acceptors (Lipinski definition) is 4. The molecule has 1 aromatic heterocycles. The molecule has 3 N–H and O–H groups in total. The van der Waals surface area contributed by atoms with Crippen LogP contribution < -0.4 is 5.32 Å². The summed E-state index contributed by atoms with van der Waals surface area (Å²) in [4.78, 5) is 11.7. The molecule has 0 atom stereocenters. The molecule has 0 spiro atoms. The Morgan fingerprint density at radius 1 is 1.37 bits per heavy atom. The first-order chi connectivity index (χ1) is 9.15. The number of nitrogens with one attached hydrogen (secondary N) is 1. The number of rotatable bonds is 5. The van der Waals surface area contributed by atoms with Crippen molar-refractivity contribution in [2.24, 2.45) is 0 Å². The molecule has 1 aromatic carbocycles. The quantitative estimate of drug-likeness (QED) is 0.783. The Kier molecular flexibility index (Phi) is 3.05. The number of thiophene rings is 1. The highest BCUT2D eigenvalue weighted by Gasteiger charge is 2.41. The van der Waals surface area contributed by atoms with Crippen LogP contribution in [-0.2, 0) is 6.54 Å². The number of hydrogen-bond donors (Lipinski definition) is 3. The molecule has 100 valence electrons. The Hall–Kier alpha value is -1.43. The number of aliphatic hydroxyl groups is 1. The summed E-state index contributed by atoms with van der Waals surface area (Å²) >= 11 is 1.31. The molecule has 1 aliphatic rings.